The first-order valence-electron chi connectivity index (χ1n) is 6.03. The van der Waals surface area contributed by atoms with Crippen LogP contribution in [0.4, 0.5) is 0 Å². The number of carbonyl (C=O) groups is 2. The summed E-state index contributed by atoms with van der Waals surface area (Å²) in [5.41, 5.74) is 0.634. The Morgan fingerprint density at radius 2 is 1.83 bits per heavy atom. The first-order valence-corrected chi connectivity index (χ1v) is 6.83. The molecule has 0 aliphatic heterocycles. The Morgan fingerprint density at radius 1 is 1.22 bits per heavy atom. The predicted molar refractivity (Wildman–Crippen MR) is 73.5 cm³/mol. The van der Waals surface area contributed by atoms with E-state index in [0.29, 0.717) is 18.6 Å². The second-order valence-electron chi connectivity index (χ2n) is 3.99. The van der Waals surface area contributed by atoms with Crippen molar-refractivity contribution in [3.05, 3.63) is 34.3 Å². The van der Waals surface area contributed by atoms with Gasteiger partial charge in [0.15, 0.2) is 5.78 Å². The van der Waals surface area contributed by atoms with Gasteiger partial charge in [-0.1, -0.05) is 35.0 Å². The molecule has 1 aromatic carbocycles. The fourth-order valence-electron chi connectivity index (χ4n) is 1.69. The quantitative estimate of drug-likeness (QED) is 0.595. The van der Waals surface area contributed by atoms with E-state index < -0.39 is 0 Å². The van der Waals surface area contributed by atoms with E-state index >= 15 is 0 Å². The van der Waals surface area contributed by atoms with Gasteiger partial charge in [0.1, 0.15) is 0 Å². The van der Waals surface area contributed by atoms with Crippen LogP contribution in [0.25, 0.3) is 0 Å². The number of ketones is 1. The lowest BCUT2D eigenvalue weighted by molar-refractivity contribution is -0.143. The van der Waals surface area contributed by atoms with Gasteiger partial charge in [0.05, 0.1) is 13.0 Å². The van der Waals surface area contributed by atoms with Crippen molar-refractivity contribution >= 4 is 27.7 Å². The number of ether oxygens (including phenoxy) is 1. The SMILES string of the molecule is CCOC(=O)C[C@@H](CC)C(=O)c1ccc(Br)cc1. The molecule has 1 aromatic rings. The zero-order chi connectivity index (χ0) is 13.5. The van der Waals surface area contributed by atoms with Gasteiger partial charge in [0.25, 0.3) is 0 Å². The number of rotatable bonds is 6. The summed E-state index contributed by atoms with van der Waals surface area (Å²) in [6, 6.07) is 7.18. The Balaban J connectivity index is 2.73. The largest absolute Gasteiger partial charge is 0.466 e. The van der Waals surface area contributed by atoms with Crippen LogP contribution < -0.4 is 0 Å². The van der Waals surface area contributed by atoms with Crippen LogP contribution >= 0.6 is 15.9 Å². The predicted octanol–water partition coefficient (Wildman–Crippen LogP) is 3.61. The molecule has 0 unspecified atom stereocenters. The van der Waals surface area contributed by atoms with Crippen LogP contribution in [0.1, 0.15) is 37.0 Å². The molecule has 0 aromatic heterocycles. The van der Waals surface area contributed by atoms with E-state index in [9.17, 15) is 9.59 Å². The zero-order valence-corrected chi connectivity index (χ0v) is 12.2. The van der Waals surface area contributed by atoms with E-state index in [0.717, 1.165) is 4.47 Å². The van der Waals surface area contributed by atoms with E-state index in [1.807, 2.05) is 19.1 Å². The van der Waals surface area contributed by atoms with Gasteiger partial charge in [-0.05, 0) is 25.5 Å². The van der Waals surface area contributed by atoms with Gasteiger partial charge in [-0.2, -0.15) is 0 Å². The van der Waals surface area contributed by atoms with E-state index in [1.165, 1.54) is 0 Å². The molecule has 4 heteroatoms. The highest BCUT2D eigenvalue weighted by Gasteiger charge is 2.21. The Kier molecular flexibility index (Phi) is 6.05. The minimum absolute atomic E-state index is 0.00180. The van der Waals surface area contributed by atoms with Crippen LogP contribution in [0.3, 0.4) is 0 Å². The summed E-state index contributed by atoms with van der Waals surface area (Å²) in [5.74, 6) is -0.613. The summed E-state index contributed by atoms with van der Waals surface area (Å²) in [5, 5.41) is 0. The lowest BCUT2D eigenvalue weighted by Gasteiger charge is -2.12. The zero-order valence-electron chi connectivity index (χ0n) is 10.6. The molecule has 1 atom stereocenters. The number of halogens is 1. The molecule has 0 saturated heterocycles. The molecule has 0 radical (unpaired) electrons. The number of Topliss-reactive ketones (excluding diaryl/α,β-unsaturated/α-hetero) is 1. The van der Waals surface area contributed by atoms with Crippen LogP contribution in [0.5, 0.6) is 0 Å². The monoisotopic (exact) mass is 312 g/mol. The molecule has 0 bridgehead atoms. The minimum atomic E-state index is -0.310. The van der Waals surface area contributed by atoms with Crippen LogP contribution in [-0.4, -0.2) is 18.4 Å². The summed E-state index contributed by atoms with van der Waals surface area (Å²) >= 11 is 3.32. The highest BCUT2D eigenvalue weighted by molar-refractivity contribution is 9.10. The second-order valence-corrected chi connectivity index (χ2v) is 4.90. The van der Waals surface area contributed by atoms with E-state index in [2.05, 4.69) is 15.9 Å². The summed E-state index contributed by atoms with van der Waals surface area (Å²) in [4.78, 5) is 23.6. The van der Waals surface area contributed by atoms with Gasteiger partial charge in [0, 0.05) is 16.0 Å². The first-order chi connectivity index (χ1) is 8.58. The highest BCUT2D eigenvalue weighted by Crippen LogP contribution is 2.18. The van der Waals surface area contributed by atoms with E-state index in [4.69, 9.17) is 4.74 Å². The lowest BCUT2D eigenvalue weighted by atomic mass is 9.92. The highest BCUT2D eigenvalue weighted by atomic mass is 79.9. The average molecular weight is 313 g/mol. The Morgan fingerprint density at radius 3 is 2.33 bits per heavy atom. The Labute approximate surface area is 116 Å². The maximum Gasteiger partial charge on any atom is 0.306 e. The number of carbonyl (C=O) groups excluding carboxylic acids is 2. The van der Waals surface area contributed by atoms with Crippen LogP contribution in [0.2, 0.25) is 0 Å². The van der Waals surface area contributed by atoms with Crippen molar-refractivity contribution in [1.29, 1.82) is 0 Å². The van der Waals surface area contributed by atoms with Crippen molar-refractivity contribution in [2.24, 2.45) is 5.92 Å². The number of hydrogen-bond donors (Lipinski definition) is 0. The van der Waals surface area contributed by atoms with Crippen LogP contribution in [0.15, 0.2) is 28.7 Å². The molecule has 0 aliphatic rings. The van der Waals surface area contributed by atoms with Crippen molar-refractivity contribution in [3.8, 4) is 0 Å². The van der Waals surface area contributed by atoms with Gasteiger partial charge in [-0.25, -0.2) is 0 Å². The third-order valence-electron chi connectivity index (χ3n) is 2.71. The van der Waals surface area contributed by atoms with Gasteiger partial charge < -0.3 is 4.74 Å². The fourth-order valence-corrected chi connectivity index (χ4v) is 1.96. The summed E-state index contributed by atoms with van der Waals surface area (Å²) in [7, 11) is 0. The summed E-state index contributed by atoms with van der Waals surface area (Å²) in [6.07, 6.45) is 0.785. The lowest BCUT2D eigenvalue weighted by Crippen LogP contribution is -2.19. The number of esters is 1. The first kappa shape index (κ1) is 14.9. The van der Waals surface area contributed by atoms with Gasteiger partial charge in [0.2, 0.25) is 0 Å². The summed E-state index contributed by atoms with van der Waals surface area (Å²) < 4.78 is 5.81. The fraction of sp³-hybridized carbons (Fsp3) is 0.429. The van der Waals surface area contributed by atoms with Gasteiger partial charge in [-0.15, -0.1) is 0 Å². The Bertz CT molecular complexity index is 412. The Hall–Kier alpha value is -1.16. The topological polar surface area (TPSA) is 43.4 Å². The summed E-state index contributed by atoms with van der Waals surface area (Å²) in [6.45, 7) is 4.01. The minimum Gasteiger partial charge on any atom is -0.466 e. The molecule has 3 nitrogen and oxygen atoms in total. The van der Waals surface area contributed by atoms with Crippen molar-refractivity contribution in [2.75, 3.05) is 6.61 Å². The van der Waals surface area contributed by atoms with Crippen molar-refractivity contribution in [3.63, 3.8) is 0 Å². The molecule has 0 N–H and O–H groups in total. The average Bonchev–Trinajstić information content (AvgIpc) is 2.36. The van der Waals surface area contributed by atoms with Crippen LogP contribution in [0, 0.1) is 5.92 Å². The number of benzene rings is 1. The maximum atomic E-state index is 12.2. The molecule has 1 rings (SSSR count). The second kappa shape index (κ2) is 7.31. The van der Waals surface area contributed by atoms with Crippen LogP contribution in [-0.2, 0) is 9.53 Å². The van der Waals surface area contributed by atoms with Gasteiger partial charge >= 0.3 is 5.97 Å². The maximum absolute atomic E-state index is 12.2. The molecule has 0 fully saturated rings. The third kappa shape index (κ3) is 4.26. The number of hydrogen-bond acceptors (Lipinski definition) is 3. The molecule has 0 spiro atoms. The standard InChI is InChI=1S/C14H17BrO3/c1-3-10(9-13(16)18-4-2)14(17)11-5-7-12(15)8-6-11/h5-8,10H,3-4,9H2,1-2H3/t10-/m1/s1. The van der Waals surface area contributed by atoms with Crippen molar-refractivity contribution in [1.82, 2.24) is 0 Å². The van der Waals surface area contributed by atoms with E-state index in [-0.39, 0.29) is 24.1 Å². The molecular formula is C14H17BrO3. The molecule has 18 heavy (non-hydrogen) atoms. The van der Waals surface area contributed by atoms with Crippen molar-refractivity contribution in [2.45, 2.75) is 26.7 Å². The molecule has 0 amide bonds. The molecule has 0 aliphatic carbocycles. The van der Waals surface area contributed by atoms with E-state index in [1.54, 1.807) is 19.1 Å². The normalized spacial score (nSPS) is 11.9. The molecule has 0 saturated carbocycles. The van der Waals surface area contributed by atoms with Gasteiger partial charge in [-0.3, -0.25) is 9.59 Å². The molecular weight excluding hydrogens is 296 g/mol. The third-order valence-corrected chi connectivity index (χ3v) is 3.24. The molecule has 0 heterocycles. The van der Waals surface area contributed by atoms with Crippen molar-refractivity contribution < 1.29 is 14.3 Å². The molecule has 98 valence electrons. The smallest absolute Gasteiger partial charge is 0.306 e.